The first-order valence-electron chi connectivity index (χ1n) is 10.6. The molecule has 1 saturated heterocycles. The van der Waals surface area contributed by atoms with Gasteiger partial charge in [0, 0.05) is 31.2 Å². The molecule has 1 aromatic carbocycles. The molecule has 1 aromatic heterocycles. The third-order valence-corrected chi connectivity index (χ3v) is 5.67. The molecule has 1 aliphatic rings. The van der Waals surface area contributed by atoms with Crippen molar-refractivity contribution in [2.24, 2.45) is 5.92 Å². The van der Waals surface area contributed by atoms with Crippen LogP contribution in [0.2, 0.25) is 0 Å². The highest BCUT2D eigenvalue weighted by Gasteiger charge is 2.28. The van der Waals surface area contributed by atoms with E-state index in [1.807, 2.05) is 30.3 Å². The molecule has 2 aromatic rings. The maximum atomic E-state index is 12.8. The first-order valence-corrected chi connectivity index (χ1v) is 10.6. The minimum atomic E-state index is -0.189. The number of hydrogen-bond donors (Lipinski definition) is 1. The summed E-state index contributed by atoms with van der Waals surface area (Å²) >= 11 is 0. The number of benzene rings is 1. The van der Waals surface area contributed by atoms with E-state index in [1.165, 1.54) is 0 Å². The molecule has 1 aliphatic heterocycles. The van der Waals surface area contributed by atoms with Gasteiger partial charge in [0.25, 0.3) is 5.91 Å². The van der Waals surface area contributed by atoms with Crippen molar-refractivity contribution in [3.05, 3.63) is 54.0 Å². The number of hydrogen-bond acceptors (Lipinski definition) is 5. The van der Waals surface area contributed by atoms with Crippen molar-refractivity contribution in [1.82, 2.24) is 10.2 Å². The summed E-state index contributed by atoms with van der Waals surface area (Å²) in [7, 11) is 0. The van der Waals surface area contributed by atoms with Gasteiger partial charge in [-0.2, -0.15) is 0 Å². The largest absolute Gasteiger partial charge is 0.489 e. The number of carbonyl (C=O) groups is 1. The molecule has 1 N–H and O–H groups in total. The molecule has 3 rings (SSSR count). The number of nitrogens with zero attached hydrogens (tertiary/aromatic N) is 1. The second kappa shape index (κ2) is 11.0. The number of rotatable bonds is 10. The Hall–Kier alpha value is -2.31. The molecular weight excluding hydrogens is 368 g/mol. The van der Waals surface area contributed by atoms with E-state index in [4.69, 9.17) is 13.9 Å². The molecule has 1 unspecified atom stereocenters. The lowest BCUT2D eigenvalue weighted by atomic mass is 9.92. The van der Waals surface area contributed by atoms with Crippen molar-refractivity contribution in [1.29, 1.82) is 0 Å². The normalized spacial score (nSPS) is 16.0. The smallest absolute Gasteiger partial charge is 0.287 e. The number of carbonyl (C=O) groups excluding carboxylic acids is 1. The summed E-state index contributed by atoms with van der Waals surface area (Å²) in [6, 6.07) is 11.7. The van der Waals surface area contributed by atoms with E-state index < -0.39 is 0 Å². The van der Waals surface area contributed by atoms with Gasteiger partial charge in [-0.25, -0.2) is 0 Å². The fourth-order valence-electron chi connectivity index (χ4n) is 3.94. The molecule has 29 heavy (non-hydrogen) atoms. The van der Waals surface area contributed by atoms with Crippen LogP contribution in [0.15, 0.2) is 47.1 Å². The quantitative estimate of drug-likeness (QED) is 0.658. The highest BCUT2D eigenvalue weighted by atomic mass is 16.5. The van der Waals surface area contributed by atoms with E-state index in [2.05, 4.69) is 24.1 Å². The first-order chi connectivity index (χ1) is 14.2. The highest BCUT2D eigenvalue weighted by Crippen LogP contribution is 2.20. The fourth-order valence-corrected chi connectivity index (χ4v) is 3.94. The summed E-state index contributed by atoms with van der Waals surface area (Å²) in [5.74, 6) is 1.43. The Labute approximate surface area is 173 Å². The Morgan fingerprint density at radius 1 is 1.14 bits per heavy atom. The van der Waals surface area contributed by atoms with Crippen molar-refractivity contribution < 1.29 is 18.7 Å². The molecule has 2 heterocycles. The topological polar surface area (TPSA) is 63.9 Å². The van der Waals surface area contributed by atoms with E-state index in [0.29, 0.717) is 30.9 Å². The van der Waals surface area contributed by atoms with Gasteiger partial charge in [-0.05, 0) is 24.1 Å². The summed E-state index contributed by atoms with van der Waals surface area (Å²) in [5, 5.41) is 3.10. The Morgan fingerprint density at radius 3 is 2.55 bits per heavy atom. The van der Waals surface area contributed by atoms with Crippen LogP contribution in [0.4, 0.5) is 0 Å². The van der Waals surface area contributed by atoms with Gasteiger partial charge in [-0.15, -0.1) is 0 Å². The zero-order valence-electron chi connectivity index (χ0n) is 17.4. The van der Waals surface area contributed by atoms with E-state index in [1.54, 1.807) is 12.3 Å². The van der Waals surface area contributed by atoms with Crippen molar-refractivity contribution in [3.8, 4) is 5.75 Å². The fraction of sp³-hybridized carbons (Fsp3) is 0.522. The third kappa shape index (κ3) is 5.84. The Balaban J connectivity index is 1.60. The molecule has 0 saturated carbocycles. The summed E-state index contributed by atoms with van der Waals surface area (Å²) in [5.41, 5.74) is 0.747. The maximum absolute atomic E-state index is 12.8. The van der Waals surface area contributed by atoms with Gasteiger partial charge >= 0.3 is 0 Å². The van der Waals surface area contributed by atoms with Crippen molar-refractivity contribution in [2.45, 2.75) is 39.3 Å². The molecular formula is C23H32N2O4. The monoisotopic (exact) mass is 400 g/mol. The number of morpholine rings is 1. The number of nitrogens with one attached hydrogen (secondary N) is 1. The lowest BCUT2D eigenvalue weighted by Crippen LogP contribution is -2.52. The van der Waals surface area contributed by atoms with Crippen LogP contribution in [-0.2, 0) is 11.3 Å². The lowest BCUT2D eigenvalue weighted by Gasteiger charge is -2.38. The van der Waals surface area contributed by atoms with Gasteiger partial charge in [0.2, 0.25) is 0 Å². The average Bonchev–Trinajstić information content (AvgIpc) is 3.25. The zero-order valence-corrected chi connectivity index (χ0v) is 17.4. The van der Waals surface area contributed by atoms with Gasteiger partial charge in [-0.1, -0.05) is 44.9 Å². The molecule has 6 heteroatoms. The minimum Gasteiger partial charge on any atom is -0.489 e. The number of amides is 1. The summed E-state index contributed by atoms with van der Waals surface area (Å²) in [6.07, 6.45) is 3.72. The number of furan rings is 1. The molecule has 0 bridgehead atoms. The molecule has 0 spiro atoms. The van der Waals surface area contributed by atoms with Crippen LogP contribution in [0.3, 0.4) is 0 Å². The lowest BCUT2D eigenvalue weighted by molar-refractivity contribution is 0.00184. The van der Waals surface area contributed by atoms with Crippen molar-refractivity contribution in [2.75, 3.05) is 32.8 Å². The van der Waals surface area contributed by atoms with Crippen LogP contribution in [0.1, 0.15) is 42.8 Å². The first kappa shape index (κ1) is 21.4. The second-order valence-electron chi connectivity index (χ2n) is 7.38. The summed E-state index contributed by atoms with van der Waals surface area (Å²) < 4.78 is 16.8. The van der Waals surface area contributed by atoms with Gasteiger partial charge in [0.1, 0.15) is 12.4 Å². The van der Waals surface area contributed by atoms with E-state index in [9.17, 15) is 4.79 Å². The molecule has 1 amide bonds. The van der Waals surface area contributed by atoms with E-state index >= 15 is 0 Å². The minimum absolute atomic E-state index is 0.189. The molecule has 6 nitrogen and oxygen atoms in total. The summed E-state index contributed by atoms with van der Waals surface area (Å²) in [4.78, 5) is 15.3. The van der Waals surface area contributed by atoms with Crippen LogP contribution in [-0.4, -0.2) is 49.7 Å². The maximum Gasteiger partial charge on any atom is 0.287 e. The van der Waals surface area contributed by atoms with Crippen LogP contribution >= 0.6 is 0 Å². The molecule has 0 radical (unpaired) electrons. The second-order valence-corrected chi connectivity index (χ2v) is 7.38. The Morgan fingerprint density at radius 2 is 1.86 bits per heavy atom. The molecule has 1 fully saturated rings. The highest BCUT2D eigenvalue weighted by molar-refractivity contribution is 5.92. The third-order valence-electron chi connectivity index (χ3n) is 5.67. The molecule has 1 atom stereocenters. The van der Waals surface area contributed by atoms with Crippen LogP contribution in [0, 0.1) is 5.92 Å². The number of ether oxygens (including phenoxy) is 2. The van der Waals surface area contributed by atoms with Crippen LogP contribution < -0.4 is 10.1 Å². The average molecular weight is 401 g/mol. The summed E-state index contributed by atoms with van der Waals surface area (Å²) in [6.45, 7) is 8.66. The predicted molar refractivity (Wildman–Crippen MR) is 112 cm³/mol. The van der Waals surface area contributed by atoms with E-state index in [-0.39, 0.29) is 5.91 Å². The van der Waals surface area contributed by atoms with Crippen molar-refractivity contribution >= 4 is 5.91 Å². The van der Waals surface area contributed by atoms with Gasteiger partial charge < -0.3 is 19.2 Å². The zero-order chi connectivity index (χ0) is 20.5. The van der Waals surface area contributed by atoms with Gasteiger partial charge in [0.05, 0.1) is 19.5 Å². The van der Waals surface area contributed by atoms with Gasteiger partial charge in [0.15, 0.2) is 5.76 Å². The van der Waals surface area contributed by atoms with Crippen LogP contribution in [0.25, 0.3) is 0 Å². The van der Waals surface area contributed by atoms with E-state index in [0.717, 1.165) is 50.5 Å². The molecule has 0 aliphatic carbocycles. The Kier molecular flexibility index (Phi) is 8.14. The van der Waals surface area contributed by atoms with Crippen LogP contribution in [0.5, 0.6) is 5.75 Å². The predicted octanol–water partition coefficient (Wildman–Crippen LogP) is 3.73. The standard InChI is InChI=1S/C23H32N2O4/c1-3-18(4-2)21(25-11-14-27-15-12-25)16-24-23(26)22-19(10-13-28-22)17-29-20-8-6-5-7-9-20/h5-10,13,18,21H,3-4,11-12,14-17H2,1-2H3,(H,24,26). The SMILES string of the molecule is CCC(CC)C(CNC(=O)c1occc1COc1ccccc1)N1CCOCC1. The number of para-hydroxylation sites is 1. The van der Waals surface area contributed by atoms with Gasteiger partial charge in [-0.3, -0.25) is 9.69 Å². The Bertz CT molecular complexity index is 736. The van der Waals surface area contributed by atoms with Crippen molar-refractivity contribution in [3.63, 3.8) is 0 Å². The molecule has 158 valence electrons.